The molecule has 0 aromatic carbocycles. The predicted octanol–water partition coefficient (Wildman–Crippen LogP) is 2.23. The Hall–Kier alpha value is -0.110. The second-order valence-electron chi connectivity index (χ2n) is 2.32. The molecule has 0 aliphatic rings. The Morgan fingerprint density at radius 3 is 1.80 bits per heavy atom. The average Bonchev–Trinajstić information content (AvgIpc) is 1.93. The highest BCUT2D eigenvalue weighted by atomic mass is 19.1. The minimum Gasteiger partial charge on any atom is -0.317 e. The van der Waals surface area contributed by atoms with E-state index in [4.69, 9.17) is 0 Å². The third-order valence-electron chi connectivity index (χ3n) is 1.12. The first-order valence-corrected chi connectivity index (χ1v) is 3.97. The van der Waals surface area contributed by atoms with Crippen LogP contribution < -0.4 is 5.32 Å². The van der Waals surface area contributed by atoms with Gasteiger partial charge < -0.3 is 5.32 Å². The zero-order chi connectivity index (χ0) is 8.57. The summed E-state index contributed by atoms with van der Waals surface area (Å²) in [5.41, 5.74) is 0. The number of halogens is 1. The number of alkyl halides is 1. The van der Waals surface area contributed by atoms with E-state index in [0.717, 1.165) is 0 Å². The molecule has 0 bridgehead atoms. The molecule has 0 spiro atoms. The van der Waals surface area contributed by atoms with E-state index in [1.54, 1.807) is 7.05 Å². The summed E-state index contributed by atoms with van der Waals surface area (Å²) >= 11 is 0. The Balaban J connectivity index is 0. The first-order chi connectivity index (χ1) is 4.68. The van der Waals surface area contributed by atoms with Crippen LogP contribution in [-0.2, 0) is 0 Å². The molecule has 0 aromatic rings. The van der Waals surface area contributed by atoms with Crippen molar-refractivity contribution in [2.45, 2.75) is 33.9 Å². The molecule has 10 heavy (non-hydrogen) atoms. The quantitative estimate of drug-likeness (QED) is 0.649. The monoisotopic (exact) mass is 149 g/mol. The summed E-state index contributed by atoms with van der Waals surface area (Å²) < 4.78 is 12.5. The van der Waals surface area contributed by atoms with Crippen LogP contribution >= 0.6 is 0 Å². The lowest BCUT2D eigenvalue weighted by Gasteiger charge is -2.09. The van der Waals surface area contributed by atoms with Gasteiger partial charge in [0.15, 0.2) is 0 Å². The molecule has 0 aliphatic carbocycles. The fourth-order valence-electron chi connectivity index (χ4n) is 0.431. The number of hydrogen-bond donors (Lipinski definition) is 1. The van der Waals surface area contributed by atoms with Crippen LogP contribution in [0.25, 0.3) is 0 Å². The fourth-order valence-corrected chi connectivity index (χ4v) is 0.431. The van der Waals surface area contributed by atoms with Crippen LogP contribution in [0, 0.1) is 5.92 Å². The molecular formula is C8H20FN. The Bertz CT molecular complexity index is 55.2. The van der Waals surface area contributed by atoms with E-state index < -0.39 is 6.17 Å². The Kier molecular flexibility index (Phi) is 11.2. The molecule has 0 aliphatic heterocycles. The van der Waals surface area contributed by atoms with Crippen molar-refractivity contribution in [2.24, 2.45) is 5.92 Å². The molecule has 0 rings (SSSR count). The van der Waals surface area contributed by atoms with Crippen LogP contribution in [0.5, 0.6) is 0 Å². The highest BCUT2D eigenvalue weighted by Crippen LogP contribution is 2.03. The highest BCUT2D eigenvalue weighted by molar-refractivity contribution is 4.60. The van der Waals surface area contributed by atoms with Gasteiger partial charge in [-0.05, 0) is 13.0 Å². The second kappa shape index (κ2) is 8.89. The second-order valence-corrected chi connectivity index (χ2v) is 2.32. The largest absolute Gasteiger partial charge is 0.317 e. The molecule has 64 valence electrons. The minimum atomic E-state index is -0.694. The molecule has 0 radical (unpaired) electrons. The molecule has 0 saturated heterocycles. The van der Waals surface area contributed by atoms with Crippen LogP contribution in [0.3, 0.4) is 0 Å². The van der Waals surface area contributed by atoms with E-state index >= 15 is 0 Å². The molecule has 1 atom stereocenters. The van der Waals surface area contributed by atoms with Crippen molar-refractivity contribution < 1.29 is 4.39 Å². The van der Waals surface area contributed by atoms with E-state index in [-0.39, 0.29) is 5.92 Å². The SMILES string of the molecule is CC.CNCC(F)C(C)C. The van der Waals surface area contributed by atoms with E-state index in [9.17, 15) is 4.39 Å². The number of rotatable bonds is 3. The average molecular weight is 149 g/mol. The van der Waals surface area contributed by atoms with Crippen LogP contribution in [-0.4, -0.2) is 19.8 Å². The van der Waals surface area contributed by atoms with E-state index in [0.29, 0.717) is 6.54 Å². The van der Waals surface area contributed by atoms with Crippen molar-refractivity contribution in [3.63, 3.8) is 0 Å². The zero-order valence-electron chi connectivity index (χ0n) is 7.74. The fraction of sp³-hybridized carbons (Fsp3) is 1.00. The molecule has 0 fully saturated rings. The van der Waals surface area contributed by atoms with Crippen molar-refractivity contribution in [3.8, 4) is 0 Å². The Morgan fingerprint density at radius 2 is 1.70 bits per heavy atom. The topological polar surface area (TPSA) is 12.0 Å². The van der Waals surface area contributed by atoms with Crippen LogP contribution in [0.4, 0.5) is 4.39 Å². The van der Waals surface area contributed by atoms with Gasteiger partial charge >= 0.3 is 0 Å². The standard InChI is InChI=1S/C6H14FN.C2H6/c1-5(2)6(7)4-8-3;1-2/h5-6,8H,4H2,1-3H3;1-2H3. The van der Waals surface area contributed by atoms with E-state index in [2.05, 4.69) is 5.32 Å². The van der Waals surface area contributed by atoms with E-state index in [1.807, 2.05) is 27.7 Å². The molecule has 0 amide bonds. The van der Waals surface area contributed by atoms with Crippen molar-refractivity contribution >= 4 is 0 Å². The Morgan fingerprint density at radius 1 is 1.30 bits per heavy atom. The molecular weight excluding hydrogens is 129 g/mol. The van der Waals surface area contributed by atoms with Gasteiger partial charge in [0.05, 0.1) is 0 Å². The smallest absolute Gasteiger partial charge is 0.115 e. The first kappa shape index (κ1) is 12.6. The third kappa shape index (κ3) is 7.89. The predicted molar refractivity (Wildman–Crippen MR) is 45.0 cm³/mol. The van der Waals surface area contributed by atoms with E-state index in [1.165, 1.54) is 0 Å². The van der Waals surface area contributed by atoms with Crippen LogP contribution in [0.2, 0.25) is 0 Å². The summed E-state index contributed by atoms with van der Waals surface area (Å²) in [6.45, 7) is 8.22. The van der Waals surface area contributed by atoms with Gasteiger partial charge in [-0.2, -0.15) is 0 Å². The lowest BCUT2D eigenvalue weighted by molar-refractivity contribution is 0.251. The summed E-state index contributed by atoms with van der Waals surface area (Å²) in [4.78, 5) is 0. The maximum absolute atomic E-state index is 12.5. The third-order valence-corrected chi connectivity index (χ3v) is 1.12. The van der Waals surface area contributed by atoms with Gasteiger partial charge in [-0.15, -0.1) is 0 Å². The highest BCUT2D eigenvalue weighted by Gasteiger charge is 2.08. The Labute approximate surface area is 64.0 Å². The number of nitrogens with one attached hydrogen (secondary N) is 1. The van der Waals surface area contributed by atoms with Crippen molar-refractivity contribution in [1.82, 2.24) is 5.32 Å². The summed E-state index contributed by atoms with van der Waals surface area (Å²) in [7, 11) is 1.76. The molecule has 0 heterocycles. The van der Waals surface area contributed by atoms with Gasteiger partial charge in [0, 0.05) is 6.54 Å². The minimum absolute atomic E-state index is 0.141. The molecule has 0 saturated carbocycles. The first-order valence-electron chi connectivity index (χ1n) is 3.97. The van der Waals surface area contributed by atoms with Crippen molar-refractivity contribution in [1.29, 1.82) is 0 Å². The molecule has 0 aromatic heterocycles. The molecule has 1 N–H and O–H groups in total. The summed E-state index contributed by atoms with van der Waals surface area (Å²) in [5, 5.41) is 2.77. The van der Waals surface area contributed by atoms with Crippen LogP contribution in [0.1, 0.15) is 27.7 Å². The zero-order valence-corrected chi connectivity index (χ0v) is 7.74. The lowest BCUT2D eigenvalue weighted by Crippen LogP contribution is -2.24. The summed E-state index contributed by atoms with van der Waals surface area (Å²) in [6, 6.07) is 0. The number of hydrogen-bond acceptors (Lipinski definition) is 1. The van der Waals surface area contributed by atoms with Gasteiger partial charge in [-0.3, -0.25) is 0 Å². The molecule has 2 heteroatoms. The van der Waals surface area contributed by atoms with Gasteiger partial charge in [0.25, 0.3) is 0 Å². The van der Waals surface area contributed by atoms with Crippen molar-refractivity contribution in [2.75, 3.05) is 13.6 Å². The maximum Gasteiger partial charge on any atom is 0.115 e. The van der Waals surface area contributed by atoms with Crippen molar-refractivity contribution in [3.05, 3.63) is 0 Å². The van der Waals surface area contributed by atoms with Gasteiger partial charge in [-0.1, -0.05) is 27.7 Å². The summed E-state index contributed by atoms with van der Waals surface area (Å²) in [6.07, 6.45) is -0.694. The van der Waals surface area contributed by atoms with Gasteiger partial charge in [0.2, 0.25) is 0 Å². The maximum atomic E-state index is 12.5. The van der Waals surface area contributed by atoms with Gasteiger partial charge in [0.1, 0.15) is 6.17 Å². The molecule has 1 nitrogen and oxygen atoms in total. The van der Waals surface area contributed by atoms with Gasteiger partial charge in [-0.25, -0.2) is 4.39 Å². The normalized spacial score (nSPS) is 12.3. The lowest BCUT2D eigenvalue weighted by atomic mass is 10.1. The van der Waals surface area contributed by atoms with Crippen LogP contribution in [0.15, 0.2) is 0 Å². The summed E-state index contributed by atoms with van der Waals surface area (Å²) in [5.74, 6) is 0.141. The molecule has 1 unspecified atom stereocenters.